The number of nitrogens with zero attached hydrogens (tertiary/aromatic N) is 10. The second-order valence-corrected chi connectivity index (χ2v) is 35.0. The summed E-state index contributed by atoms with van der Waals surface area (Å²) in [5.74, 6) is 0. The summed E-state index contributed by atoms with van der Waals surface area (Å²) in [5.41, 5.74) is 0. The first-order valence-corrected chi connectivity index (χ1v) is 26.4. The van der Waals surface area contributed by atoms with Gasteiger partial charge in [0.2, 0.25) is 0 Å². The van der Waals surface area contributed by atoms with Crippen LogP contribution in [0.2, 0.25) is 0 Å². The standard InChI is InChI=1S/C6H22N2Si3.C4H14N2Si2.C4H16N2Si2.C3H16N2Si3.C2H12N2Si2/c1-5(2)7(9)11-8(10)6(3)4;7-5-1-2-6(8)4-3-5;1-5(7)3-4-6(2)8;1-4(6)2-3-5(7)8;1-3(5)4(2)6/h5-6H,11H2,1-4,9-10H3;1-4H2,7-8H3;3-4H2,1-2,7-8H3;2-3H2,1,6-8H3;1-2,5-6H3. The quantitative estimate of drug-likeness (QED) is 0.149. The van der Waals surface area contributed by atoms with Crippen LogP contribution in [0.4, 0.5) is 0 Å². The lowest BCUT2D eigenvalue weighted by Gasteiger charge is -2.30. The van der Waals surface area contributed by atoms with Gasteiger partial charge < -0.3 is 35.5 Å². The van der Waals surface area contributed by atoms with Crippen molar-refractivity contribution in [3.8, 4) is 0 Å². The van der Waals surface area contributed by atoms with Crippen LogP contribution in [0.25, 0.3) is 0 Å². The fraction of sp³-hybridized carbons (Fsp3) is 1.00. The summed E-state index contributed by atoms with van der Waals surface area (Å²) in [6.45, 7) is 19.6. The molecule has 0 saturated carbocycles. The first-order chi connectivity index (χ1) is 18.6. The van der Waals surface area contributed by atoms with Gasteiger partial charge in [-0.15, -0.1) is 0 Å². The van der Waals surface area contributed by atoms with Crippen LogP contribution in [0, 0.1) is 0 Å². The third-order valence-electron chi connectivity index (χ3n) is 6.72. The van der Waals surface area contributed by atoms with Crippen LogP contribution in [0.5, 0.6) is 0 Å². The van der Waals surface area contributed by atoms with Crippen molar-refractivity contribution in [2.75, 3.05) is 87.6 Å². The zero-order valence-corrected chi connectivity index (χ0v) is 55.4. The molecule has 0 radical (unpaired) electrons. The summed E-state index contributed by atoms with van der Waals surface area (Å²) < 4.78 is 24.3. The average Bonchev–Trinajstić information content (AvgIpc) is 2.84. The highest BCUT2D eigenvalue weighted by Gasteiger charge is 2.09. The van der Waals surface area contributed by atoms with Crippen molar-refractivity contribution in [2.24, 2.45) is 0 Å². The van der Waals surface area contributed by atoms with Gasteiger partial charge >= 0.3 is 0 Å². The van der Waals surface area contributed by atoms with Crippen LogP contribution in [0.3, 0.4) is 0 Å². The van der Waals surface area contributed by atoms with E-state index in [1.165, 1.54) is 146 Å². The van der Waals surface area contributed by atoms with Gasteiger partial charge in [0.1, 0.15) is 0 Å². The maximum atomic E-state index is 2.65. The zero-order chi connectivity index (χ0) is 33.3. The fourth-order valence-corrected chi connectivity index (χ4v) is 9.92. The second-order valence-electron chi connectivity index (χ2n) is 13.4. The smallest absolute Gasteiger partial charge is 0.158 e. The minimum atomic E-state index is -0.0448. The molecule has 1 saturated heterocycles. The van der Waals surface area contributed by atoms with Crippen molar-refractivity contribution in [2.45, 2.75) is 39.8 Å². The fourth-order valence-electron chi connectivity index (χ4n) is 2.38. The molecule has 0 aromatic rings. The molecule has 22 heteroatoms. The monoisotopic (exact) mass is 784 g/mol. The van der Waals surface area contributed by atoms with Crippen molar-refractivity contribution in [3.63, 3.8) is 0 Å². The predicted octanol–water partition coefficient (Wildman–Crippen LogP) is -14.1. The molecule has 0 atom stereocenters. The van der Waals surface area contributed by atoms with Crippen LogP contribution in [0.15, 0.2) is 0 Å². The van der Waals surface area contributed by atoms with Gasteiger partial charge in [0.25, 0.3) is 0 Å². The van der Waals surface area contributed by atoms with E-state index >= 15 is 0 Å². The second kappa shape index (κ2) is 32.2. The van der Waals surface area contributed by atoms with Crippen molar-refractivity contribution < 1.29 is 0 Å². The molecule has 0 unspecified atom stereocenters. The molecule has 0 aliphatic carbocycles. The van der Waals surface area contributed by atoms with Crippen LogP contribution >= 0.6 is 0 Å². The molecule has 0 aromatic carbocycles. The lowest BCUT2D eigenvalue weighted by molar-refractivity contribution is 0.257. The summed E-state index contributed by atoms with van der Waals surface area (Å²) in [4.78, 5) is 0. The molecular weight excluding hydrogens is 705 g/mol. The highest BCUT2D eigenvalue weighted by atomic mass is 28.3. The summed E-state index contributed by atoms with van der Waals surface area (Å²) >= 11 is 0. The highest BCUT2D eigenvalue weighted by molar-refractivity contribution is 6.45. The van der Waals surface area contributed by atoms with Crippen LogP contribution in [-0.4, -0.2) is 269 Å². The first kappa shape index (κ1) is 50.1. The molecule has 10 nitrogen and oxygen atoms in total. The van der Waals surface area contributed by atoms with E-state index in [0.717, 1.165) is 32.9 Å². The lowest BCUT2D eigenvalue weighted by Crippen LogP contribution is -2.45. The number of hydrazine groups is 1. The number of hydrogen-bond donors (Lipinski definition) is 0. The normalized spacial score (nSPS) is 15.6. The van der Waals surface area contributed by atoms with Crippen LogP contribution in [-0.2, 0) is 0 Å². The maximum Gasteiger partial charge on any atom is 0.158 e. The maximum absolute atomic E-state index is 2.65. The third-order valence-corrected chi connectivity index (χ3v) is 19.3. The van der Waals surface area contributed by atoms with Crippen LogP contribution < -0.4 is 0 Å². The molecule has 1 rings (SSSR count). The molecule has 41 heavy (non-hydrogen) atoms. The molecule has 254 valence electrons. The van der Waals surface area contributed by atoms with Gasteiger partial charge in [-0.05, 0) is 53.9 Å². The van der Waals surface area contributed by atoms with Crippen LogP contribution in [0.1, 0.15) is 27.7 Å². The van der Waals surface area contributed by atoms with Crippen molar-refractivity contribution in [1.29, 1.82) is 0 Å². The van der Waals surface area contributed by atoms with E-state index in [0.29, 0.717) is 0 Å². The third kappa shape index (κ3) is 46.7. The van der Waals surface area contributed by atoms with E-state index in [9.17, 15) is 0 Å². The first-order valence-electron chi connectivity index (χ1n) is 15.3. The molecule has 1 aliphatic rings. The van der Waals surface area contributed by atoms with Crippen molar-refractivity contribution >= 4 is 124 Å². The van der Waals surface area contributed by atoms with Gasteiger partial charge in [0.05, 0.1) is 114 Å². The molecule has 1 aliphatic heterocycles. The largest absolute Gasteiger partial charge is 0.359 e. The highest BCUT2D eigenvalue weighted by Crippen LogP contribution is 1.95. The van der Waals surface area contributed by atoms with E-state index < -0.39 is 0 Å². The Balaban J connectivity index is -0.000000211. The number of likely N-dealkylation sites (N-methyl/N-ethyl adjacent to an activating group) is 3. The van der Waals surface area contributed by atoms with E-state index in [-0.39, 0.29) is 9.84 Å². The van der Waals surface area contributed by atoms with Gasteiger partial charge in [-0.25, -0.2) is 0 Å². The van der Waals surface area contributed by atoms with Gasteiger partial charge in [0, 0.05) is 45.8 Å². The van der Waals surface area contributed by atoms with E-state index in [2.05, 4.69) is 108 Å². The minimum absolute atomic E-state index is 0.0448. The Hall–Kier alpha value is 2.20. The number of piperazine rings is 1. The molecule has 1 heterocycles. The Morgan fingerprint density at radius 2 is 0.756 bits per heavy atom. The van der Waals surface area contributed by atoms with Crippen molar-refractivity contribution in [1.82, 2.24) is 44.9 Å². The molecule has 0 spiro atoms. The van der Waals surface area contributed by atoms with E-state index in [1.807, 2.05) is 0 Å². The Labute approximate surface area is 294 Å². The molecular formula is C19H80N10Si12. The zero-order valence-electron chi connectivity index (χ0n) is 32.0. The molecule has 0 amide bonds. The van der Waals surface area contributed by atoms with Gasteiger partial charge in [-0.3, -0.25) is 9.35 Å². The number of rotatable bonds is 11. The summed E-state index contributed by atoms with van der Waals surface area (Å²) in [5, 5.41) is 0. The van der Waals surface area contributed by atoms with Crippen molar-refractivity contribution in [3.05, 3.63) is 0 Å². The Morgan fingerprint density at radius 3 is 0.902 bits per heavy atom. The molecule has 1 fully saturated rings. The van der Waals surface area contributed by atoms with Gasteiger partial charge in [-0.1, -0.05) is 27.7 Å². The average molecular weight is 786 g/mol. The lowest BCUT2D eigenvalue weighted by atomic mass is 10.4. The number of hydrogen-bond acceptors (Lipinski definition) is 10. The summed E-state index contributed by atoms with van der Waals surface area (Å²) in [6, 6.07) is 1.56. The minimum Gasteiger partial charge on any atom is -0.359 e. The van der Waals surface area contributed by atoms with Gasteiger partial charge in [-0.2, -0.15) is 0 Å². The summed E-state index contributed by atoms with van der Waals surface area (Å²) in [6.07, 6.45) is 0. The Morgan fingerprint density at radius 1 is 0.512 bits per heavy atom. The van der Waals surface area contributed by atoms with Gasteiger partial charge in [0.15, 0.2) is 9.84 Å². The topological polar surface area (TPSA) is 32.4 Å². The Kier molecular flexibility index (Phi) is 39.3. The SMILES string of the molecule is CC(C)N([SiH3])[SiH2]N([SiH3])C(C)C.CN([SiH3])CCN(C)[SiH3].CN([SiH3])CCN([SiH3])[SiH3].CN([SiH3])N(C)[SiH3].[SiH3]N1CCN([SiH3])CC1. The molecule has 0 bridgehead atoms. The predicted molar refractivity (Wildman–Crippen MR) is 235 cm³/mol. The Bertz CT molecular complexity index is 473. The van der Waals surface area contributed by atoms with E-state index in [1.54, 1.807) is 0 Å². The molecule has 0 N–H and O–H groups in total. The van der Waals surface area contributed by atoms with E-state index in [4.69, 9.17) is 0 Å². The summed E-state index contributed by atoms with van der Waals surface area (Å²) in [7, 11) is 24.1. The molecule has 0 aromatic heterocycles.